The lowest BCUT2D eigenvalue weighted by Crippen LogP contribution is -2.41. The first-order valence-corrected chi connectivity index (χ1v) is 22.0. The standard InChI is InChI=1S/C22H23BN2O2.C22H15BrN2.C6H4BrI.H3N/c1-21(2)22(3,4)27-23(26-21)20-12-18(16-7-5-9-24-14-16)11-19(13-20)17-8-6-10-25-15-17;23-22-7-1-4-16(13-22)19-10-20(17-5-2-8-24-14-17)12-21(11-19)18-6-3-9-25-15-18;7-5-2-1-3-6(8)4-5;/h5-15H,1-4H3;1-15H;1-4H;1H3. The molecule has 5 heterocycles. The molecular formula is C50H45BBr2IN5O2. The van der Waals surface area contributed by atoms with E-state index in [0.717, 1.165) is 58.9 Å². The molecule has 61 heavy (non-hydrogen) atoms. The smallest absolute Gasteiger partial charge is 0.399 e. The molecule has 11 heteroatoms. The number of halogens is 3. The van der Waals surface area contributed by atoms with Crippen molar-refractivity contribution in [3.8, 4) is 55.6 Å². The maximum atomic E-state index is 6.28. The number of hydrogen-bond donors (Lipinski definition) is 1. The maximum absolute atomic E-state index is 6.28. The lowest BCUT2D eigenvalue weighted by molar-refractivity contribution is 0.00578. The summed E-state index contributed by atoms with van der Waals surface area (Å²) in [7, 11) is -0.415. The molecule has 1 aliphatic heterocycles. The van der Waals surface area contributed by atoms with Crippen LogP contribution in [0.15, 0.2) is 192 Å². The molecule has 0 amide bonds. The van der Waals surface area contributed by atoms with Crippen LogP contribution >= 0.6 is 54.5 Å². The molecule has 0 radical (unpaired) electrons. The van der Waals surface area contributed by atoms with Crippen LogP contribution in [0.4, 0.5) is 0 Å². The Morgan fingerprint density at radius 1 is 0.426 bits per heavy atom. The van der Waals surface area contributed by atoms with E-state index in [4.69, 9.17) is 9.31 Å². The molecule has 8 aromatic rings. The van der Waals surface area contributed by atoms with Gasteiger partial charge in [-0.15, -0.1) is 0 Å². The van der Waals surface area contributed by atoms with Crippen molar-refractivity contribution >= 4 is 67.0 Å². The van der Waals surface area contributed by atoms with E-state index < -0.39 is 7.12 Å². The number of benzene rings is 4. The third-order valence-corrected chi connectivity index (χ3v) is 12.0. The van der Waals surface area contributed by atoms with E-state index in [1.165, 1.54) is 14.7 Å². The van der Waals surface area contributed by atoms with Crippen LogP contribution in [-0.4, -0.2) is 38.3 Å². The van der Waals surface area contributed by atoms with Gasteiger partial charge in [-0.25, -0.2) is 0 Å². The molecule has 0 saturated carbocycles. The summed E-state index contributed by atoms with van der Waals surface area (Å²) in [6.45, 7) is 8.28. The lowest BCUT2D eigenvalue weighted by Gasteiger charge is -2.32. The van der Waals surface area contributed by atoms with Crippen LogP contribution in [0, 0.1) is 3.57 Å². The van der Waals surface area contributed by atoms with Crippen LogP contribution in [0.5, 0.6) is 0 Å². The second-order valence-electron chi connectivity index (χ2n) is 15.1. The van der Waals surface area contributed by atoms with E-state index in [1.807, 2.05) is 67.3 Å². The van der Waals surface area contributed by atoms with Crippen LogP contribution in [-0.2, 0) is 9.31 Å². The first-order valence-electron chi connectivity index (χ1n) is 19.4. The second kappa shape index (κ2) is 20.8. The molecule has 0 aliphatic carbocycles. The third kappa shape index (κ3) is 11.9. The fourth-order valence-corrected chi connectivity index (χ4v) is 8.26. The molecule has 7 nitrogen and oxygen atoms in total. The van der Waals surface area contributed by atoms with Gasteiger partial charge in [0.05, 0.1) is 11.2 Å². The number of aromatic nitrogens is 4. The van der Waals surface area contributed by atoms with Gasteiger partial charge in [0.15, 0.2) is 0 Å². The van der Waals surface area contributed by atoms with Gasteiger partial charge in [0.1, 0.15) is 0 Å². The molecule has 0 spiro atoms. The average molecular weight is 1050 g/mol. The van der Waals surface area contributed by atoms with Crippen molar-refractivity contribution in [1.82, 2.24) is 26.1 Å². The summed E-state index contributed by atoms with van der Waals surface area (Å²) in [4.78, 5) is 17.0. The molecule has 0 atom stereocenters. The molecule has 9 rings (SSSR count). The molecule has 306 valence electrons. The van der Waals surface area contributed by atoms with Crippen molar-refractivity contribution in [3.63, 3.8) is 0 Å². The van der Waals surface area contributed by atoms with Crippen LogP contribution in [0.3, 0.4) is 0 Å². The molecule has 1 saturated heterocycles. The second-order valence-corrected chi connectivity index (χ2v) is 18.2. The van der Waals surface area contributed by atoms with Crippen molar-refractivity contribution in [2.24, 2.45) is 0 Å². The zero-order valence-corrected chi connectivity index (χ0v) is 39.7. The summed E-state index contributed by atoms with van der Waals surface area (Å²) in [5, 5.41) is 0. The van der Waals surface area contributed by atoms with Gasteiger partial charge in [-0.1, -0.05) is 86.5 Å². The summed E-state index contributed by atoms with van der Waals surface area (Å²) in [5.41, 5.74) is 11.3. The summed E-state index contributed by atoms with van der Waals surface area (Å²) in [6, 6.07) is 45.6. The van der Waals surface area contributed by atoms with E-state index in [-0.39, 0.29) is 17.4 Å². The van der Waals surface area contributed by atoms with E-state index in [2.05, 4.69) is 193 Å². The average Bonchev–Trinajstić information content (AvgIpc) is 3.50. The van der Waals surface area contributed by atoms with Gasteiger partial charge < -0.3 is 15.5 Å². The van der Waals surface area contributed by atoms with E-state index in [1.54, 1.807) is 24.8 Å². The van der Waals surface area contributed by atoms with Crippen molar-refractivity contribution < 1.29 is 9.31 Å². The van der Waals surface area contributed by atoms with E-state index >= 15 is 0 Å². The van der Waals surface area contributed by atoms with Crippen molar-refractivity contribution in [1.29, 1.82) is 0 Å². The SMILES string of the molecule is Brc1cccc(-c2cc(-c3cccnc3)cc(-c3cccnc3)c2)c1.Brc1cccc(I)c1.CC1(C)OB(c2cc(-c3cccnc3)cc(-c3cccnc3)c2)OC1(C)C.N. The van der Waals surface area contributed by atoms with E-state index in [9.17, 15) is 0 Å². The monoisotopic (exact) mass is 1040 g/mol. The van der Waals surface area contributed by atoms with Crippen molar-refractivity contribution in [2.75, 3.05) is 0 Å². The topological polar surface area (TPSA) is 105 Å². The highest BCUT2D eigenvalue weighted by molar-refractivity contribution is 14.1. The molecule has 4 aromatic heterocycles. The number of nitrogens with zero attached hydrogens (tertiary/aromatic N) is 4. The fourth-order valence-electron chi connectivity index (χ4n) is 6.49. The van der Waals surface area contributed by atoms with Gasteiger partial charge in [0.25, 0.3) is 0 Å². The Morgan fingerprint density at radius 3 is 1.10 bits per heavy atom. The van der Waals surface area contributed by atoms with Crippen molar-refractivity contribution in [2.45, 2.75) is 38.9 Å². The van der Waals surface area contributed by atoms with Gasteiger partial charge in [-0.2, -0.15) is 0 Å². The van der Waals surface area contributed by atoms with Crippen molar-refractivity contribution in [3.05, 3.63) is 196 Å². The first-order chi connectivity index (χ1) is 28.9. The molecule has 0 bridgehead atoms. The Hall–Kier alpha value is -4.89. The van der Waals surface area contributed by atoms with Gasteiger partial charge in [-0.3, -0.25) is 19.9 Å². The van der Waals surface area contributed by atoms with Gasteiger partial charge in [0, 0.05) is 73.2 Å². The van der Waals surface area contributed by atoms with Crippen LogP contribution < -0.4 is 11.6 Å². The third-order valence-electron chi connectivity index (χ3n) is 10.3. The molecule has 3 N–H and O–H groups in total. The Labute approximate surface area is 389 Å². The minimum absolute atomic E-state index is 0. The number of pyridine rings is 4. The van der Waals surface area contributed by atoms with Gasteiger partial charge >= 0.3 is 7.12 Å². The highest BCUT2D eigenvalue weighted by Gasteiger charge is 2.51. The van der Waals surface area contributed by atoms with Crippen LogP contribution in [0.2, 0.25) is 0 Å². The molecule has 1 fully saturated rings. The minimum Gasteiger partial charge on any atom is -0.399 e. The highest BCUT2D eigenvalue weighted by atomic mass is 127. The number of rotatable bonds is 6. The predicted molar refractivity (Wildman–Crippen MR) is 267 cm³/mol. The fraction of sp³-hybridized carbons (Fsp3) is 0.120. The Bertz CT molecular complexity index is 2510. The first kappa shape index (κ1) is 45.6. The molecular weight excluding hydrogens is 1000 g/mol. The summed E-state index contributed by atoms with van der Waals surface area (Å²) in [5.74, 6) is 0. The van der Waals surface area contributed by atoms with Crippen LogP contribution in [0.25, 0.3) is 55.6 Å². The molecule has 1 aliphatic rings. The van der Waals surface area contributed by atoms with Crippen LogP contribution in [0.1, 0.15) is 27.7 Å². The highest BCUT2D eigenvalue weighted by Crippen LogP contribution is 2.38. The molecule has 0 unspecified atom stereocenters. The Kier molecular flexibility index (Phi) is 15.6. The quantitative estimate of drug-likeness (QED) is 0.131. The van der Waals surface area contributed by atoms with Gasteiger partial charge in [-0.05, 0) is 179 Å². The lowest BCUT2D eigenvalue weighted by atomic mass is 9.76. The van der Waals surface area contributed by atoms with Gasteiger partial charge in [0.2, 0.25) is 0 Å². The predicted octanol–water partition coefficient (Wildman–Crippen LogP) is 13.6. The maximum Gasteiger partial charge on any atom is 0.494 e. The Morgan fingerprint density at radius 2 is 0.770 bits per heavy atom. The normalized spacial score (nSPS) is 13.5. The zero-order chi connectivity index (χ0) is 42.1. The van der Waals surface area contributed by atoms with E-state index in [0.29, 0.717) is 0 Å². The number of hydrogen-bond acceptors (Lipinski definition) is 7. The summed E-state index contributed by atoms with van der Waals surface area (Å²) < 4.78 is 16.0. The summed E-state index contributed by atoms with van der Waals surface area (Å²) in [6.07, 6.45) is 14.7. The minimum atomic E-state index is -0.415. The summed E-state index contributed by atoms with van der Waals surface area (Å²) >= 11 is 9.20. The zero-order valence-electron chi connectivity index (χ0n) is 34.3. The largest absolute Gasteiger partial charge is 0.494 e. The molecule has 4 aromatic carbocycles. The Balaban J connectivity index is 0.000000171.